The van der Waals surface area contributed by atoms with E-state index in [1.165, 1.54) is 12.1 Å². The summed E-state index contributed by atoms with van der Waals surface area (Å²) in [6.45, 7) is 1.68. The minimum atomic E-state index is -4.04. The molecule has 3 rings (SSSR count). The van der Waals surface area contributed by atoms with Crippen molar-refractivity contribution in [3.63, 3.8) is 0 Å². The molecule has 1 aromatic heterocycles. The number of fused-ring (bicyclic) bond motifs is 1. The molecule has 0 fully saturated rings. The summed E-state index contributed by atoms with van der Waals surface area (Å²) in [5, 5.41) is 9.92. The van der Waals surface area contributed by atoms with Crippen LogP contribution in [-0.2, 0) is 10.0 Å². The Kier molecular flexibility index (Phi) is 4.82. The normalized spacial score (nSPS) is 12.3. The lowest BCUT2D eigenvalue weighted by Gasteiger charge is -2.05. The molecule has 0 aliphatic carbocycles. The monoisotopic (exact) mass is 391 g/mol. The topological polar surface area (TPSA) is 115 Å². The molecule has 3 aromatic rings. The second-order valence-corrected chi connectivity index (χ2v) is 7.41. The first-order valence-electron chi connectivity index (χ1n) is 7.41. The van der Waals surface area contributed by atoms with Gasteiger partial charge in [0.25, 0.3) is 5.91 Å². The van der Waals surface area contributed by atoms with E-state index in [0.29, 0.717) is 17.1 Å². The van der Waals surface area contributed by atoms with Crippen molar-refractivity contribution in [2.24, 2.45) is 10.2 Å². The largest absolute Gasteiger partial charge is 0.455 e. The number of primary sulfonamides is 1. The van der Waals surface area contributed by atoms with Crippen LogP contribution in [0.15, 0.2) is 62.9 Å². The van der Waals surface area contributed by atoms with E-state index in [9.17, 15) is 13.2 Å². The SMILES string of the molecule is C/C(=N/NC(=O)c1ccc(Cl)c(S(N)(=O)=O)c1)c1cc2ccccc2o1. The molecular weight excluding hydrogens is 378 g/mol. The van der Waals surface area contributed by atoms with E-state index in [1.807, 2.05) is 30.3 Å². The summed E-state index contributed by atoms with van der Waals surface area (Å²) in [4.78, 5) is 11.9. The summed E-state index contributed by atoms with van der Waals surface area (Å²) < 4.78 is 28.6. The first-order valence-corrected chi connectivity index (χ1v) is 9.34. The standard InChI is InChI=1S/C17H14ClN3O4S/c1-10(15-8-11-4-2-3-5-14(11)25-15)20-21-17(22)12-6-7-13(18)16(9-12)26(19,23)24/h2-9H,1H3,(H,21,22)(H2,19,23,24)/b20-10-. The van der Waals surface area contributed by atoms with Crippen molar-refractivity contribution in [1.82, 2.24) is 5.43 Å². The van der Waals surface area contributed by atoms with Gasteiger partial charge in [0.2, 0.25) is 10.0 Å². The Balaban J connectivity index is 1.82. The number of para-hydroxylation sites is 1. The summed E-state index contributed by atoms with van der Waals surface area (Å²) >= 11 is 5.80. The van der Waals surface area contributed by atoms with Crippen molar-refractivity contribution < 1.29 is 17.6 Å². The fourth-order valence-corrected chi connectivity index (χ4v) is 3.35. The summed E-state index contributed by atoms with van der Waals surface area (Å²) in [6.07, 6.45) is 0. The van der Waals surface area contributed by atoms with Crippen LogP contribution in [0.3, 0.4) is 0 Å². The number of amides is 1. The second-order valence-electron chi connectivity index (χ2n) is 5.48. The van der Waals surface area contributed by atoms with Crippen LogP contribution in [-0.4, -0.2) is 20.0 Å². The van der Waals surface area contributed by atoms with Crippen LogP contribution in [0.2, 0.25) is 5.02 Å². The number of benzene rings is 2. The Morgan fingerprint density at radius 2 is 1.92 bits per heavy atom. The summed E-state index contributed by atoms with van der Waals surface area (Å²) in [6, 6.07) is 13.0. The first kappa shape index (κ1) is 18.1. The van der Waals surface area contributed by atoms with Gasteiger partial charge in [0, 0.05) is 10.9 Å². The number of halogens is 1. The Bertz CT molecular complexity index is 1100. The summed E-state index contributed by atoms with van der Waals surface area (Å²) in [7, 11) is -4.04. The molecule has 0 unspecified atom stereocenters. The van der Waals surface area contributed by atoms with Crippen LogP contribution >= 0.6 is 11.6 Å². The van der Waals surface area contributed by atoms with Crippen molar-refractivity contribution in [2.75, 3.05) is 0 Å². The quantitative estimate of drug-likeness (QED) is 0.525. The number of rotatable bonds is 4. The van der Waals surface area contributed by atoms with E-state index in [2.05, 4.69) is 10.5 Å². The van der Waals surface area contributed by atoms with Gasteiger partial charge in [-0.25, -0.2) is 19.0 Å². The van der Waals surface area contributed by atoms with Crippen molar-refractivity contribution >= 4 is 44.2 Å². The van der Waals surface area contributed by atoms with Gasteiger partial charge in [-0.2, -0.15) is 5.10 Å². The highest BCUT2D eigenvalue weighted by atomic mass is 35.5. The number of sulfonamides is 1. The molecule has 0 aliphatic heterocycles. The van der Waals surface area contributed by atoms with Gasteiger partial charge in [0.05, 0.1) is 5.02 Å². The number of nitrogens with one attached hydrogen (secondary N) is 1. The first-order chi connectivity index (χ1) is 12.3. The number of furan rings is 1. The summed E-state index contributed by atoms with van der Waals surface area (Å²) in [5.41, 5.74) is 3.57. The fourth-order valence-electron chi connectivity index (χ4n) is 2.28. The van der Waals surface area contributed by atoms with Gasteiger partial charge in [-0.1, -0.05) is 29.8 Å². The van der Waals surface area contributed by atoms with Crippen molar-refractivity contribution in [2.45, 2.75) is 11.8 Å². The van der Waals surface area contributed by atoms with Gasteiger partial charge in [-0.05, 0) is 37.3 Å². The van der Waals surface area contributed by atoms with Crippen LogP contribution in [0.4, 0.5) is 0 Å². The zero-order valence-electron chi connectivity index (χ0n) is 13.6. The predicted molar refractivity (Wildman–Crippen MR) is 98.7 cm³/mol. The number of nitrogens with zero attached hydrogens (tertiary/aromatic N) is 1. The van der Waals surface area contributed by atoms with Gasteiger partial charge >= 0.3 is 0 Å². The molecule has 0 saturated carbocycles. The maximum atomic E-state index is 12.2. The third-order valence-corrected chi connectivity index (χ3v) is 5.00. The Morgan fingerprint density at radius 3 is 2.62 bits per heavy atom. The number of carbonyl (C=O) groups excluding carboxylic acids is 1. The molecule has 0 bridgehead atoms. The van der Waals surface area contributed by atoms with E-state index in [1.54, 1.807) is 6.92 Å². The van der Waals surface area contributed by atoms with E-state index in [0.717, 1.165) is 11.5 Å². The highest BCUT2D eigenvalue weighted by molar-refractivity contribution is 7.89. The Morgan fingerprint density at radius 1 is 1.19 bits per heavy atom. The zero-order chi connectivity index (χ0) is 18.9. The lowest BCUT2D eigenvalue weighted by atomic mass is 10.2. The number of hydrazone groups is 1. The molecular formula is C17H14ClN3O4S. The van der Waals surface area contributed by atoms with Crippen molar-refractivity contribution in [3.8, 4) is 0 Å². The van der Waals surface area contributed by atoms with Gasteiger partial charge in [0.15, 0.2) is 5.76 Å². The van der Waals surface area contributed by atoms with Crippen LogP contribution in [0.25, 0.3) is 11.0 Å². The Hall–Kier alpha value is -2.68. The molecule has 1 heterocycles. The number of hydrogen-bond acceptors (Lipinski definition) is 5. The highest BCUT2D eigenvalue weighted by Gasteiger charge is 2.16. The minimum Gasteiger partial charge on any atom is -0.455 e. The van der Waals surface area contributed by atoms with Crippen LogP contribution in [0, 0.1) is 0 Å². The van der Waals surface area contributed by atoms with E-state index in [-0.39, 0.29) is 15.5 Å². The van der Waals surface area contributed by atoms with Gasteiger partial charge < -0.3 is 4.42 Å². The molecule has 3 N–H and O–H groups in total. The molecule has 26 heavy (non-hydrogen) atoms. The molecule has 134 valence electrons. The smallest absolute Gasteiger partial charge is 0.271 e. The van der Waals surface area contributed by atoms with Crippen LogP contribution in [0.5, 0.6) is 0 Å². The van der Waals surface area contributed by atoms with Crippen molar-refractivity contribution in [3.05, 3.63) is 64.9 Å². The maximum Gasteiger partial charge on any atom is 0.271 e. The number of nitrogens with two attached hydrogens (primary N) is 1. The Labute approximate surface area is 154 Å². The average molecular weight is 392 g/mol. The third-order valence-electron chi connectivity index (χ3n) is 3.61. The third kappa shape index (κ3) is 3.77. The highest BCUT2D eigenvalue weighted by Crippen LogP contribution is 2.22. The number of hydrogen-bond donors (Lipinski definition) is 2. The zero-order valence-corrected chi connectivity index (χ0v) is 15.1. The average Bonchev–Trinajstić information content (AvgIpc) is 3.03. The van der Waals surface area contributed by atoms with E-state index >= 15 is 0 Å². The molecule has 2 aromatic carbocycles. The lowest BCUT2D eigenvalue weighted by molar-refractivity contribution is 0.0954. The van der Waals surface area contributed by atoms with E-state index in [4.69, 9.17) is 21.2 Å². The van der Waals surface area contributed by atoms with Crippen molar-refractivity contribution in [1.29, 1.82) is 0 Å². The molecule has 9 heteroatoms. The summed E-state index contributed by atoms with van der Waals surface area (Å²) in [5.74, 6) is -0.102. The maximum absolute atomic E-state index is 12.2. The van der Waals surface area contributed by atoms with Crippen LogP contribution < -0.4 is 10.6 Å². The molecule has 1 amide bonds. The minimum absolute atomic E-state index is 0.0552. The lowest BCUT2D eigenvalue weighted by Crippen LogP contribution is -2.20. The van der Waals surface area contributed by atoms with Gasteiger partial charge in [0.1, 0.15) is 16.2 Å². The predicted octanol–water partition coefficient (Wildman–Crippen LogP) is 2.89. The van der Waals surface area contributed by atoms with E-state index < -0.39 is 15.9 Å². The van der Waals surface area contributed by atoms with Gasteiger partial charge in [-0.3, -0.25) is 4.79 Å². The molecule has 0 aliphatic rings. The molecule has 0 atom stereocenters. The molecule has 0 spiro atoms. The second kappa shape index (κ2) is 6.91. The molecule has 0 saturated heterocycles. The van der Waals surface area contributed by atoms with Crippen LogP contribution in [0.1, 0.15) is 23.0 Å². The van der Waals surface area contributed by atoms with Gasteiger partial charge in [-0.15, -0.1) is 0 Å². The fraction of sp³-hybridized carbons (Fsp3) is 0.0588. The number of carbonyl (C=O) groups is 1. The molecule has 0 radical (unpaired) electrons. The molecule has 7 nitrogen and oxygen atoms in total.